The zero-order valence-corrected chi connectivity index (χ0v) is 12.1. The van der Waals surface area contributed by atoms with Crippen molar-refractivity contribution in [2.75, 3.05) is 19.6 Å². The van der Waals surface area contributed by atoms with Crippen LogP contribution in [0.1, 0.15) is 23.5 Å². The number of thiazole rings is 1. The van der Waals surface area contributed by atoms with Crippen LogP contribution in [-0.4, -0.2) is 38.3 Å². The van der Waals surface area contributed by atoms with Crippen LogP contribution in [-0.2, 0) is 16.4 Å². The normalized spacial score (nSPS) is 18.1. The van der Waals surface area contributed by atoms with Crippen LogP contribution in [0.5, 0.6) is 0 Å². The Morgan fingerprint density at radius 3 is 2.83 bits per heavy atom. The maximum atomic E-state index is 12.0. The van der Waals surface area contributed by atoms with E-state index < -0.39 is 10.0 Å². The molecule has 18 heavy (non-hydrogen) atoms. The van der Waals surface area contributed by atoms with Gasteiger partial charge >= 0.3 is 0 Å². The Kier molecular flexibility index (Phi) is 4.71. The molecule has 5 nitrogen and oxygen atoms in total. The van der Waals surface area contributed by atoms with Gasteiger partial charge in [-0.1, -0.05) is 0 Å². The van der Waals surface area contributed by atoms with E-state index in [9.17, 15) is 8.42 Å². The number of nitrogens with zero attached hydrogens (tertiary/aromatic N) is 1. The summed E-state index contributed by atoms with van der Waals surface area (Å²) in [6, 6.07) is 0. The summed E-state index contributed by atoms with van der Waals surface area (Å²) >= 11 is 1.58. The highest BCUT2D eigenvalue weighted by atomic mass is 32.2. The molecule has 2 rings (SSSR count). The summed E-state index contributed by atoms with van der Waals surface area (Å²) in [4.78, 5) is 4.32. The van der Waals surface area contributed by atoms with Gasteiger partial charge in [0.05, 0.1) is 10.3 Å². The molecule has 1 fully saturated rings. The molecule has 1 aromatic rings. The molecule has 0 saturated carbocycles. The number of aromatic nitrogens is 1. The first-order valence-electron chi connectivity index (χ1n) is 6.18. The summed E-state index contributed by atoms with van der Waals surface area (Å²) in [5.74, 6) is 0. The van der Waals surface area contributed by atoms with Gasteiger partial charge in [0.2, 0.25) is 10.0 Å². The minimum atomic E-state index is -3.16. The van der Waals surface area contributed by atoms with Crippen molar-refractivity contribution in [3.63, 3.8) is 0 Å². The van der Waals surface area contributed by atoms with Crippen molar-refractivity contribution >= 4 is 21.4 Å². The third kappa shape index (κ3) is 3.74. The third-order valence-electron chi connectivity index (χ3n) is 3.03. The van der Waals surface area contributed by atoms with Gasteiger partial charge in [0.15, 0.2) is 0 Å². The molecule has 0 amide bonds. The minimum Gasteiger partial charge on any atom is -0.317 e. The van der Waals surface area contributed by atoms with Crippen LogP contribution in [0.2, 0.25) is 0 Å². The SMILES string of the molecule is Cc1csc(CCNS(=O)(=O)C2CCNCC2)n1. The van der Waals surface area contributed by atoms with Crippen LogP contribution in [0.4, 0.5) is 0 Å². The molecule has 1 aliphatic rings. The van der Waals surface area contributed by atoms with E-state index in [1.807, 2.05) is 12.3 Å². The molecular formula is C11H19N3O2S2. The molecule has 0 spiro atoms. The lowest BCUT2D eigenvalue weighted by molar-refractivity contribution is 0.489. The quantitative estimate of drug-likeness (QED) is 0.835. The molecule has 2 heterocycles. The lowest BCUT2D eigenvalue weighted by Gasteiger charge is -2.22. The molecule has 0 unspecified atom stereocenters. The molecule has 1 aromatic heterocycles. The number of rotatable bonds is 5. The van der Waals surface area contributed by atoms with Crippen LogP contribution in [0.25, 0.3) is 0 Å². The lowest BCUT2D eigenvalue weighted by atomic mass is 10.2. The van der Waals surface area contributed by atoms with Gasteiger partial charge in [0, 0.05) is 24.0 Å². The second-order valence-electron chi connectivity index (χ2n) is 4.52. The molecule has 0 aliphatic carbocycles. The molecule has 1 aliphatic heterocycles. The predicted molar refractivity (Wildman–Crippen MR) is 73.4 cm³/mol. The fourth-order valence-electron chi connectivity index (χ4n) is 2.04. The summed E-state index contributed by atoms with van der Waals surface area (Å²) in [6.07, 6.45) is 2.07. The maximum absolute atomic E-state index is 12.0. The summed E-state index contributed by atoms with van der Waals surface area (Å²) < 4.78 is 26.7. The number of piperidine rings is 1. The first-order valence-corrected chi connectivity index (χ1v) is 8.61. The Labute approximate surface area is 112 Å². The zero-order valence-electron chi connectivity index (χ0n) is 10.5. The topological polar surface area (TPSA) is 71.1 Å². The van der Waals surface area contributed by atoms with Crippen LogP contribution in [0.3, 0.4) is 0 Å². The van der Waals surface area contributed by atoms with Crippen molar-refractivity contribution in [1.82, 2.24) is 15.0 Å². The summed E-state index contributed by atoms with van der Waals surface area (Å²) in [7, 11) is -3.16. The lowest BCUT2D eigenvalue weighted by Crippen LogP contribution is -2.42. The number of hydrogen-bond acceptors (Lipinski definition) is 5. The van der Waals surface area contributed by atoms with Crippen LogP contribution >= 0.6 is 11.3 Å². The third-order valence-corrected chi connectivity index (χ3v) is 6.02. The first-order chi connectivity index (χ1) is 8.58. The second kappa shape index (κ2) is 6.10. The Balaban J connectivity index is 1.81. The standard InChI is InChI=1S/C11H19N3O2S2/c1-9-8-17-11(14-9)4-7-13-18(15,16)10-2-5-12-6-3-10/h8,10,12-13H,2-7H2,1H3. The van der Waals surface area contributed by atoms with Crippen molar-refractivity contribution in [2.24, 2.45) is 0 Å². The highest BCUT2D eigenvalue weighted by Crippen LogP contribution is 2.12. The van der Waals surface area contributed by atoms with E-state index in [-0.39, 0.29) is 5.25 Å². The molecule has 2 N–H and O–H groups in total. The van der Waals surface area contributed by atoms with Crippen LogP contribution in [0, 0.1) is 6.92 Å². The smallest absolute Gasteiger partial charge is 0.214 e. The molecule has 0 aromatic carbocycles. The second-order valence-corrected chi connectivity index (χ2v) is 7.51. The van der Waals surface area contributed by atoms with E-state index in [0.717, 1.165) is 23.8 Å². The zero-order chi connectivity index (χ0) is 13.0. The first kappa shape index (κ1) is 13.9. The van der Waals surface area contributed by atoms with Crippen molar-refractivity contribution < 1.29 is 8.42 Å². The summed E-state index contributed by atoms with van der Waals surface area (Å²) in [5.41, 5.74) is 0.996. The van der Waals surface area contributed by atoms with E-state index in [1.165, 1.54) is 0 Å². The molecule has 0 atom stereocenters. The maximum Gasteiger partial charge on any atom is 0.214 e. The molecule has 1 saturated heterocycles. The van der Waals surface area contributed by atoms with E-state index in [4.69, 9.17) is 0 Å². The van der Waals surface area contributed by atoms with E-state index >= 15 is 0 Å². The van der Waals surface area contributed by atoms with E-state index in [0.29, 0.717) is 25.8 Å². The predicted octanol–water partition coefficient (Wildman–Crippen LogP) is 0.665. The Bertz CT molecular complexity index is 478. The highest BCUT2D eigenvalue weighted by molar-refractivity contribution is 7.90. The molecular weight excluding hydrogens is 270 g/mol. The molecule has 0 bridgehead atoms. The fraction of sp³-hybridized carbons (Fsp3) is 0.727. The fourth-order valence-corrected chi connectivity index (χ4v) is 4.30. The Morgan fingerprint density at radius 1 is 1.50 bits per heavy atom. The van der Waals surface area contributed by atoms with Gasteiger partial charge in [-0.2, -0.15) is 0 Å². The number of hydrogen-bond donors (Lipinski definition) is 2. The van der Waals surface area contributed by atoms with Gasteiger partial charge in [-0.25, -0.2) is 18.1 Å². The average Bonchev–Trinajstić information content (AvgIpc) is 2.76. The largest absolute Gasteiger partial charge is 0.317 e. The van der Waals surface area contributed by atoms with Gasteiger partial charge in [-0.3, -0.25) is 0 Å². The molecule has 0 radical (unpaired) electrons. The number of sulfonamides is 1. The van der Waals surface area contributed by atoms with Gasteiger partial charge in [-0.05, 0) is 32.9 Å². The van der Waals surface area contributed by atoms with Gasteiger partial charge in [-0.15, -0.1) is 11.3 Å². The number of nitrogens with one attached hydrogen (secondary N) is 2. The van der Waals surface area contributed by atoms with Crippen molar-refractivity contribution in [3.05, 3.63) is 16.1 Å². The number of aryl methyl sites for hydroxylation is 1. The van der Waals surface area contributed by atoms with Crippen LogP contribution in [0.15, 0.2) is 5.38 Å². The van der Waals surface area contributed by atoms with Crippen molar-refractivity contribution in [2.45, 2.75) is 31.4 Å². The Morgan fingerprint density at radius 2 is 2.22 bits per heavy atom. The highest BCUT2D eigenvalue weighted by Gasteiger charge is 2.26. The van der Waals surface area contributed by atoms with Gasteiger partial charge < -0.3 is 5.32 Å². The van der Waals surface area contributed by atoms with Crippen molar-refractivity contribution in [3.8, 4) is 0 Å². The van der Waals surface area contributed by atoms with Gasteiger partial charge in [0.25, 0.3) is 0 Å². The minimum absolute atomic E-state index is 0.239. The van der Waals surface area contributed by atoms with Crippen LogP contribution < -0.4 is 10.0 Å². The summed E-state index contributed by atoms with van der Waals surface area (Å²) in [6.45, 7) is 3.97. The molecule has 7 heteroatoms. The molecule has 102 valence electrons. The van der Waals surface area contributed by atoms with Gasteiger partial charge in [0.1, 0.15) is 0 Å². The Hall–Kier alpha value is -0.500. The van der Waals surface area contributed by atoms with E-state index in [1.54, 1.807) is 11.3 Å². The summed E-state index contributed by atoms with van der Waals surface area (Å²) in [5, 5.41) is 5.90. The van der Waals surface area contributed by atoms with Crippen molar-refractivity contribution in [1.29, 1.82) is 0 Å². The van der Waals surface area contributed by atoms with E-state index in [2.05, 4.69) is 15.0 Å². The average molecular weight is 289 g/mol. The monoisotopic (exact) mass is 289 g/mol.